The highest BCUT2D eigenvalue weighted by atomic mass is 32.2. The molecule has 0 unspecified atom stereocenters. The lowest BCUT2D eigenvalue weighted by atomic mass is 9.84. The summed E-state index contributed by atoms with van der Waals surface area (Å²) in [6.45, 7) is 0.821. The first-order valence-electron chi connectivity index (χ1n) is 5.97. The second-order valence-electron chi connectivity index (χ2n) is 4.55. The van der Waals surface area contributed by atoms with E-state index in [1.54, 1.807) is 18.2 Å². The number of nitrogens with one attached hydrogen (secondary N) is 1. The van der Waals surface area contributed by atoms with Gasteiger partial charge >= 0.3 is 0 Å². The lowest BCUT2D eigenvalue weighted by Gasteiger charge is -2.40. The lowest BCUT2D eigenvalue weighted by molar-refractivity contribution is 0.380. The smallest absolute Gasteiger partial charge is 0.101 e. The Kier molecular flexibility index (Phi) is 3.79. The number of thioether (sulfide) groups is 1. The van der Waals surface area contributed by atoms with Crippen molar-refractivity contribution in [2.45, 2.75) is 24.0 Å². The predicted molar refractivity (Wildman–Crippen MR) is 74.5 cm³/mol. The molecule has 0 saturated heterocycles. The molecule has 4 heteroatoms. The molecule has 1 aromatic carbocycles. The van der Waals surface area contributed by atoms with E-state index in [0.29, 0.717) is 16.8 Å². The molecule has 0 amide bonds. The van der Waals surface area contributed by atoms with Crippen LogP contribution < -0.4 is 5.32 Å². The Morgan fingerprint density at radius 1 is 1.28 bits per heavy atom. The molecule has 0 atom stereocenters. The zero-order chi connectivity index (χ0) is 13.0. The minimum Gasteiger partial charge on any atom is -0.382 e. The van der Waals surface area contributed by atoms with Crippen LogP contribution in [-0.4, -0.2) is 17.5 Å². The van der Waals surface area contributed by atoms with E-state index in [2.05, 4.69) is 23.7 Å². The van der Waals surface area contributed by atoms with Crippen LogP contribution in [0.2, 0.25) is 0 Å². The predicted octanol–water partition coefficient (Wildman–Crippen LogP) is 3.13. The van der Waals surface area contributed by atoms with Gasteiger partial charge in [-0.3, -0.25) is 0 Å². The van der Waals surface area contributed by atoms with Gasteiger partial charge in [0.05, 0.1) is 16.8 Å². The van der Waals surface area contributed by atoms with Crippen LogP contribution in [0.25, 0.3) is 0 Å². The molecular formula is C14H15N3S. The average molecular weight is 257 g/mol. The van der Waals surface area contributed by atoms with Gasteiger partial charge in [0.15, 0.2) is 0 Å². The van der Waals surface area contributed by atoms with Crippen LogP contribution in [0.5, 0.6) is 0 Å². The van der Waals surface area contributed by atoms with E-state index in [-0.39, 0.29) is 4.75 Å². The molecule has 1 N–H and O–H groups in total. The second kappa shape index (κ2) is 5.33. The molecule has 0 spiro atoms. The van der Waals surface area contributed by atoms with Crippen LogP contribution in [-0.2, 0) is 0 Å². The first-order chi connectivity index (χ1) is 8.74. The van der Waals surface area contributed by atoms with Crippen LogP contribution in [0.3, 0.4) is 0 Å². The SMILES string of the molecule is CSC1(CNc2c(C#N)cccc2C#N)CCC1. The molecule has 1 aliphatic rings. The molecule has 1 aliphatic carbocycles. The van der Waals surface area contributed by atoms with Crippen molar-refractivity contribution in [3.05, 3.63) is 29.3 Å². The number of rotatable bonds is 4. The normalized spacial score (nSPS) is 16.2. The lowest BCUT2D eigenvalue weighted by Crippen LogP contribution is -2.40. The van der Waals surface area contributed by atoms with E-state index in [1.807, 2.05) is 11.8 Å². The summed E-state index contributed by atoms with van der Waals surface area (Å²) in [6, 6.07) is 9.52. The van der Waals surface area contributed by atoms with E-state index < -0.39 is 0 Å². The number of anilines is 1. The van der Waals surface area contributed by atoms with Crippen molar-refractivity contribution in [1.82, 2.24) is 0 Å². The van der Waals surface area contributed by atoms with Crippen molar-refractivity contribution in [3.63, 3.8) is 0 Å². The summed E-state index contributed by atoms with van der Waals surface area (Å²) in [5, 5.41) is 21.5. The van der Waals surface area contributed by atoms with Crippen molar-refractivity contribution < 1.29 is 0 Å². The van der Waals surface area contributed by atoms with E-state index in [0.717, 1.165) is 6.54 Å². The average Bonchev–Trinajstić information content (AvgIpc) is 2.37. The van der Waals surface area contributed by atoms with E-state index in [4.69, 9.17) is 10.5 Å². The summed E-state index contributed by atoms with van der Waals surface area (Å²) in [7, 11) is 0. The van der Waals surface area contributed by atoms with Gasteiger partial charge in [0, 0.05) is 11.3 Å². The Morgan fingerprint density at radius 2 is 1.89 bits per heavy atom. The maximum absolute atomic E-state index is 9.09. The summed E-state index contributed by atoms with van der Waals surface area (Å²) in [5.74, 6) is 0. The molecule has 92 valence electrons. The van der Waals surface area contributed by atoms with Crippen molar-refractivity contribution in [3.8, 4) is 12.1 Å². The molecule has 18 heavy (non-hydrogen) atoms. The van der Waals surface area contributed by atoms with Gasteiger partial charge in [0.1, 0.15) is 12.1 Å². The highest BCUT2D eigenvalue weighted by Gasteiger charge is 2.36. The monoisotopic (exact) mass is 257 g/mol. The third kappa shape index (κ3) is 2.30. The van der Waals surface area contributed by atoms with Crippen molar-refractivity contribution in [1.29, 1.82) is 10.5 Å². The van der Waals surface area contributed by atoms with Gasteiger partial charge in [-0.1, -0.05) is 12.5 Å². The fourth-order valence-corrected chi connectivity index (χ4v) is 3.12. The van der Waals surface area contributed by atoms with E-state index >= 15 is 0 Å². The second-order valence-corrected chi connectivity index (χ2v) is 5.82. The number of hydrogen-bond donors (Lipinski definition) is 1. The van der Waals surface area contributed by atoms with Crippen molar-refractivity contribution >= 4 is 17.4 Å². The minimum atomic E-state index is 0.287. The Balaban J connectivity index is 2.19. The standard InChI is InChI=1S/C14H15N3S/c1-18-14(6-3-7-14)10-17-13-11(8-15)4-2-5-12(13)9-16/h2,4-5,17H,3,6-7,10H2,1H3. The minimum absolute atomic E-state index is 0.287. The highest BCUT2D eigenvalue weighted by Crippen LogP contribution is 2.43. The summed E-state index contributed by atoms with van der Waals surface area (Å²) in [4.78, 5) is 0. The van der Waals surface area contributed by atoms with Crippen LogP contribution in [0.4, 0.5) is 5.69 Å². The van der Waals surface area contributed by atoms with Crippen LogP contribution in [0, 0.1) is 22.7 Å². The largest absolute Gasteiger partial charge is 0.382 e. The highest BCUT2D eigenvalue weighted by molar-refractivity contribution is 8.00. The van der Waals surface area contributed by atoms with Crippen LogP contribution >= 0.6 is 11.8 Å². The topological polar surface area (TPSA) is 59.6 Å². The molecule has 0 aliphatic heterocycles. The van der Waals surface area contributed by atoms with Gasteiger partial charge in [0.2, 0.25) is 0 Å². The molecule has 0 heterocycles. The molecule has 3 nitrogen and oxygen atoms in total. The number of hydrogen-bond acceptors (Lipinski definition) is 4. The molecule has 1 fully saturated rings. The molecule has 1 aromatic rings. The number of nitrogens with zero attached hydrogens (tertiary/aromatic N) is 2. The summed E-state index contributed by atoms with van der Waals surface area (Å²) in [6.07, 6.45) is 5.81. The third-order valence-electron chi connectivity index (χ3n) is 3.59. The third-order valence-corrected chi connectivity index (χ3v) is 5.01. The Bertz CT molecular complexity index is 483. The van der Waals surface area contributed by atoms with Gasteiger partial charge in [-0.25, -0.2) is 0 Å². The number of nitriles is 2. The molecule has 1 saturated carbocycles. The number of para-hydroxylation sites is 1. The zero-order valence-electron chi connectivity index (χ0n) is 10.4. The fourth-order valence-electron chi connectivity index (χ4n) is 2.20. The van der Waals surface area contributed by atoms with E-state index in [9.17, 15) is 0 Å². The first kappa shape index (κ1) is 12.8. The Hall–Kier alpha value is -1.65. The van der Waals surface area contributed by atoms with Crippen LogP contribution in [0.15, 0.2) is 18.2 Å². The van der Waals surface area contributed by atoms with Gasteiger partial charge in [-0.15, -0.1) is 0 Å². The molecule has 2 rings (SSSR count). The molecule has 0 bridgehead atoms. The molecule has 0 radical (unpaired) electrons. The van der Waals surface area contributed by atoms with Gasteiger partial charge < -0.3 is 5.32 Å². The maximum atomic E-state index is 9.09. The number of benzene rings is 1. The van der Waals surface area contributed by atoms with Gasteiger partial charge in [0.25, 0.3) is 0 Å². The Labute approximate surface area is 112 Å². The fraction of sp³-hybridized carbons (Fsp3) is 0.429. The Morgan fingerprint density at radius 3 is 2.28 bits per heavy atom. The van der Waals surface area contributed by atoms with Crippen molar-refractivity contribution in [2.75, 3.05) is 18.1 Å². The van der Waals surface area contributed by atoms with Crippen molar-refractivity contribution in [2.24, 2.45) is 0 Å². The zero-order valence-corrected chi connectivity index (χ0v) is 11.2. The maximum Gasteiger partial charge on any atom is 0.101 e. The van der Waals surface area contributed by atoms with Gasteiger partial charge in [-0.05, 0) is 31.2 Å². The van der Waals surface area contributed by atoms with Crippen LogP contribution in [0.1, 0.15) is 30.4 Å². The van der Waals surface area contributed by atoms with E-state index in [1.165, 1.54) is 19.3 Å². The first-order valence-corrected chi connectivity index (χ1v) is 7.19. The summed E-state index contributed by atoms with van der Waals surface area (Å²) >= 11 is 1.88. The summed E-state index contributed by atoms with van der Waals surface area (Å²) < 4.78 is 0.287. The quantitative estimate of drug-likeness (QED) is 0.900. The molecule has 0 aromatic heterocycles. The summed E-state index contributed by atoms with van der Waals surface area (Å²) in [5.41, 5.74) is 1.78. The molecular weight excluding hydrogens is 242 g/mol. The van der Waals surface area contributed by atoms with Gasteiger partial charge in [-0.2, -0.15) is 22.3 Å².